The van der Waals surface area contributed by atoms with Crippen molar-refractivity contribution in [1.82, 2.24) is 9.80 Å². The van der Waals surface area contributed by atoms with E-state index in [0.29, 0.717) is 18.4 Å². The summed E-state index contributed by atoms with van der Waals surface area (Å²) in [5.74, 6) is 0.817. The highest BCUT2D eigenvalue weighted by Crippen LogP contribution is 2.24. The molecule has 4 heteroatoms. The first kappa shape index (κ1) is 14.5. The Morgan fingerprint density at radius 1 is 1.19 bits per heavy atom. The lowest BCUT2D eigenvalue weighted by Crippen LogP contribution is -2.44. The van der Waals surface area contributed by atoms with Crippen LogP contribution in [0.3, 0.4) is 0 Å². The van der Waals surface area contributed by atoms with E-state index in [9.17, 15) is 4.79 Å². The molecule has 0 spiro atoms. The molecule has 2 heterocycles. The molecule has 21 heavy (non-hydrogen) atoms. The summed E-state index contributed by atoms with van der Waals surface area (Å²) in [5, 5.41) is 0. The number of hydrogen-bond acceptors (Lipinski definition) is 3. The maximum atomic E-state index is 12.8. The van der Waals surface area contributed by atoms with Gasteiger partial charge >= 0.3 is 0 Å². The largest absolute Gasteiger partial charge is 0.341 e. The molecule has 0 aromatic heterocycles. The third-order valence-electron chi connectivity index (χ3n) is 4.81. The van der Waals surface area contributed by atoms with Crippen LogP contribution in [0, 0.1) is 5.92 Å². The monoisotopic (exact) mass is 287 g/mol. The number of carbonyl (C=O) groups excluding carboxylic acids is 1. The highest BCUT2D eigenvalue weighted by Gasteiger charge is 2.36. The molecule has 0 aliphatic carbocycles. The van der Waals surface area contributed by atoms with Crippen LogP contribution in [0.4, 0.5) is 0 Å². The lowest BCUT2D eigenvalue weighted by molar-refractivity contribution is -0.135. The molecular weight excluding hydrogens is 262 g/mol. The molecule has 4 nitrogen and oxygen atoms in total. The van der Waals surface area contributed by atoms with E-state index in [-0.39, 0.29) is 6.04 Å². The standard InChI is InChI=1S/C17H25N3O/c18-11-15-8-10-20(13-15)17(21)16-7-4-9-19(16)12-14-5-2-1-3-6-14/h1-3,5-6,15-16H,4,7-13,18H2. The average molecular weight is 287 g/mol. The lowest BCUT2D eigenvalue weighted by Gasteiger charge is -2.28. The molecule has 2 fully saturated rings. The lowest BCUT2D eigenvalue weighted by atomic mass is 10.1. The SMILES string of the molecule is NCC1CCN(C(=O)C2CCCN2Cc2ccccc2)C1. The topological polar surface area (TPSA) is 49.6 Å². The van der Waals surface area contributed by atoms with E-state index >= 15 is 0 Å². The van der Waals surface area contributed by atoms with Gasteiger partial charge in [0.1, 0.15) is 0 Å². The molecular formula is C17H25N3O. The fourth-order valence-electron chi connectivity index (χ4n) is 3.55. The number of hydrogen-bond donors (Lipinski definition) is 1. The average Bonchev–Trinajstić information content (AvgIpc) is 3.16. The molecule has 0 bridgehead atoms. The van der Waals surface area contributed by atoms with Gasteiger partial charge in [0, 0.05) is 19.6 Å². The zero-order chi connectivity index (χ0) is 14.7. The van der Waals surface area contributed by atoms with E-state index in [1.54, 1.807) is 0 Å². The summed E-state index contributed by atoms with van der Waals surface area (Å²) >= 11 is 0. The van der Waals surface area contributed by atoms with Gasteiger partial charge in [-0.25, -0.2) is 0 Å². The summed E-state index contributed by atoms with van der Waals surface area (Å²) in [6.07, 6.45) is 3.18. The zero-order valence-electron chi connectivity index (χ0n) is 12.6. The highest BCUT2D eigenvalue weighted by atomic mass is 16.2. The molecule has 1 amide bonds. The van der Waals surface area contributed by atoms with Gasteiger partial charge in [-0.3, -0.25) is 9.69 Å². The maximum Gasteiger partial charge on any atom is 0.239 e. The second-order valence-electron chi connectivity index (χ2n) is 6.29. The second kappa shape index (κ2) is 6.58. The first-order chi connectivity index (χ1) is 10.3. The molecule has 3 rings (SSSR count). The van der Waals surface area contributed by atoms with E-state index in [2.05, 4.69) is 29.2 Å². The zero-order valence-corrected chi connectivity index (χ0v) is 12.6. The van der Waals surface area contributed by atoms with E-state index in [1.807, 2.05) is 11.0 Å². The van der Waals surface area contributed by atoms with E-state index in [0.717, 1.165) is 45.4 Å². The van der Waals surface area contributed by atoms with Crippen LogP contribution in [0.2, 0.25) is 0 Å². The van der Waals surface area contributed by atoms with Gasteiger partial charge in [0.2, 0.25) is 5.91 Å². The Morgan fingerprint density at radius 2 is 2.00 bits per heavy atom. The molecule has 2 aliphatic rings. The van der Waals surface area contributed by atoms with Crippen LogP contribution in [0.25, 0.3) is 0 Å². The first-order valence-electron chi connectivity index (χ1n) is 8.04. The number of carbonyl (C=O) groups is 1. The van der Waals surface area contributed by atoms with Crippen molar-refractivity contribution in [3.8, 4) is 0 Å². The van der Waals surface area contributed by atoms with Crippen molar-refractivity contribution in [2.45, 2.75) is 31.8 Å². The minimum absolute atomic E-state index is 0.0710. The molecule has 2 aliphatic heterocycles. The normalized spacial score (nSPS) is 26.4. The summed E-state index contributed by atoms with van der Waals surface area (Å²) in [4.78, 5) is 17.1. The second-order valence-corrected chi connectivity index (χ2v) is 6.29. The van der Waals surface area contributed by atoms with Crippen LogP contribution in [0.1, 0.15) is 24.8 Å². The Morgan fingerprint density at radius 3 is 2.71 bits per heavy atom. The van der Waals surface area contributed by atoms with Gasteiger partial charge < -0.3 is 10.6 Å². The predicted molar refractivity (Wildman–Crippen MR) is 83.6 cm³/mol. The quantitative estimate of drug-likeness (QED) is 0.912. The number of amides is 1. The predicted octanol–water partition coefficient (Wildman–Crippen LogP) is 1.46. The highest BCUT2D eigenvalue weighted by molar-refractivity contribution is 5.82. The fraction of sp³-hybridized carbons (Fsp3) is 0.588. The number of benzene rings is 1. The van der Waals surface area contributed by atoms with Crippen molar-refractivity contribution < 1.29 is 4.79 Å². The summed E-state index contributed by atoms with van der Waals surface area (Å²) in [7, 11) is 0. The Kier molecular flexibility index (Phi) is 4.56. The Balaban J connectivity index is 1.62. The molecule has 2 N–H and O–H groups in total. The smallest absolute Gasteiger partial charge is 0.239 e. The molecule has 2 atom stereocenters. The summed E-state index contributed by atoms with van der Waals surface area (Å²) in [6, 6.07) is 10.5. The van der Waals surface area contributed by atoms with Gasteiger partial charge in [-0.05, 0) is 43.8 Å². The van der Waals surface area contributed by atoms with Crippen LogP contribution >= 0.6 is 0 Å². The van der Waals surface area contributed by atoms with E-state index in [1.165, 1.54) is 5.56 Å². The van der Waals surface area contributed by atoms with Gasteiger partial charge in [0.15, 0.2) is 0 Å². The fourth-order valence-corrected chi connectivity index (χ4v) is 3.55. The van der Waals surface area contributed by atoms with Crippen LogP contribution in [-0.4, -0.2) is 47.9 Å². The molecule has 2 unspecified atom stereocenters. The Labute approximate surface area is 126 Å². The summed E-state index contributed by atoms with van der Waals surface area (Å²) in [5.41, 5.74) is 7.02. The van der Waals surface area contributed by atoms with Crippen molar-refractivity contribution >= 4 is 5.91 Å². The molecule has 1 aromatic rings. The van der Waals surface area contributed by atoms with Crippen LogP contribution in [-0.2, 0) is 11.3 Å². The van der Waals surface area contributed by atoms with E-state index in [4.69, 9.17) is 5.73 Å². The number of rotatable bonds is 4. The van der Waals surface area contributed by atoms with Crippen LogP contribution < -0.4 is 5.73 Å². The van der Waals surface area contributed by atoms with Crippen molar-refractivity contribution in [3.05, 3.63) is 35.9 Å². The third-order valence-corrected chi connectivity index (χ3v) is 4.81. The van der Waals surface area contributed by atoms with Gasteiger partial charge in [-0.15, -0.1) is 0 Å². The molecule has 0 radical (unpaired) electrons. The van der Waals surface area contributed by atoms with Crippen LogP contribution in [0.15, 0.2) is 30.3 Å². The van der Waals surface area contributed by atoms with Crippen LogP contribution in [0.5, 0.6) is 0 Å². The molecule has 114 valence electrons. The molecule has 2 saturated heterocycles. The van der Waals surface area contributed by atoms with Crippen molar-refractivity contribution in [2.75, 3.05) is 26.2 Å². The van der Waals surface area contributed by atoms with Gasteiger partial charge in [-0.1, -0.05) is 30.3 Å². The summed E-state index contributed by atoms with van der Waals surface area (Å²) in [6.45, 7) is 4.34. The Bertz CT molecular complexity index is 476. The minimum Gasteiger partial charge on any atom is -0.341 e. The Hall–Kier alpha value is -1.39. The van der Waals surface area contributed by atoms with Gasteiger partial charge in [0.05, 0.1) is 6.04 Å². The number of nitrogens with two attached hydrogens (primary N) is 1. The number of nitrogens with zero attached hydrogens (tertiary/aromatic N) is 2. The molecule has 1 aromatic carbocycles. The van der Waals surface area contributed by atoms with Gasteiger partial charge in [-0.2, -0.15) is 0 Å². The third kappa shape index (κ3) is 3.27. The van der Waals surface area contributed by atoms with Crippen molar-refractivity contribution in [3.63, 3.8) is 0 Å². The first-order valence-corrected chi connectivity index (χ1v) is 8.04. The molecule has 0 saturated carbocycles. The summed E-state index contributed by atoms with van der Waals surface area (Å²) < 4.78 is 0. The number of likely N-dealkylation sites (tertiary alicyclic amines) is 2. The van der Waals surface area contributed by atoms with Crippen molar-refractivity contribution in [1.29, 1.82) is 0 Å². The van der Waals surface area contributed by atoms with Gasteiger partial charge in [0.25, 0.3) is 0 Å². The van der Waals surface area contributed by atoms with Crippen molar-refractivity contribution in [2.24, 2.45) is 11.7 Å². The maximum absolute atomic E-state index is 12.8. The minimum atomic E-state index is 0.0710. The van der Waals surface area contributed by atoms with E-state index < -0.39 is 0 Å².